The molecule has 1 heterocycles. The number of halogens is 2. The molecule has 0 amide bonds. The van der Waals surface area contributed by atoms with Crippen molar-refractivity contribution in [1.29, 1.82) is 0 Å². The van der Waals surface area contributed by atoms with Crippen molar-refractivity contribution >= 4 is 17.3 Å². The van der Waals surface area contributed by atoms with Crippen molar-refractivity contribution in [2.45, 2.75) is 38.8 Å². The van der Waals surface area contributed by atoms with Gasteiger partial charge in [-0.25, -0.2) is 4.39 Å². The third kappa shape index (κ3) is 2.96. The summed E-state index contributed by atoms with van der Waals surface area (Å²) in [7, 11) is 0. The first-order valence-electron chi connectivity index (χ1n) is 6.57. The van der Waals surface area contributed by atoms with E-state index in [1.54, 1.807) is 6.07 Å². The zero-order chi connectivity index (χ0) is 13.1. The second-order valence-corrected chi connectivity index (χ2v) is 5.40. The van der Waals surface area contributed by atoms with Crippen LogP contribution >= 0.6 is 11.6 Å². The topological polar surface area (TPSA) is 15.3 Å². The number of benzene rings is 1. The fraction of sp³-hybridized carbons (Fsp3) is 0.571. The third-order valence-corrected chi connectivity index (χ3v) is 3.81. The fourth-order valence-electron chi connectivity index (χ4n) is 2.52. The summed E-state index contributed by atoms with van der Waals surface area (Å²) < 4.78 is 13.1. The molecule has 0 aromatic heterocycles. The molecule has 2 nitrogen and oxygen atoms in total. The summed E-state index contributed by atoms with van der Waals surface area (Å²) in [6.07, 6.45) is 2.32. The lowest BCUT2D eigenvalue weighted by molar-refractivity contribution is 0.386. The number of hydrogen-bond acceptors (Lipinski definition) is 2. The summed E-state index contributed by atoms with van der Waals surface area (Å²) in [5.74, 6) is -0.281. The van der Waals surface area contributed by atoms with Gasteiger partial charge in [-0.1, -0.05) is 24.9 Å². The lowest BCUT2D eigenvalue weighted by Gasteiger charge is -2.40. The van der Waals surface area contributed by atoms with Gasteiger partial charge < -0.3 is 10.2 Å². The van der Waals surface area contributed by atoms with E-state index in [9.17, 15) is 4.39 Å². The van der Waals surface area contributed by atoms with Crippen LogP contribution in [0, 0.1) is 5.82 Å². The van der Waals surface area contributed by atoms with E-state index in [1.807, 2.05) is 0 Å². The van der Waals surface area contributed by atoms with E-state index >= 15 is 0 Å². The first-order chi connectivity index (χ1) is 8.61. The second kappa shape index (κ2) is 5.89. The Morgan fingerprint density at radius 3 is 2.94 bits per heavy atom. The molecule has 0 radical (unpaired) electrons. The summed E-state index contributed by atoms with van der Waals surface area (Å²) >= 11 is 6.15. The van der Waals surface area contributed by atoms with Crippen molar-refractivity contribution in [3.63, 3.8) is 0 Å². The maximum Gasteiger partial charge on any atom is 0.124 e. The first-order valence-corrected chi connectivity index (χ1v) is 6.94. The summed E-state index contributed by atoms with van der Waals surface area (Å²) in [6.45, 7) is 6.22. The molecule has 1 fully saturated rings. The van der Waals surface area contributed by atoms with E-state index in [0.29, 0.717) is 17.1 Å². The standard InChI is InChI=1S/C14H20ClFN2/c1-3-4-12-9-18(10(2)8-17-12)14-6-5-11(16)7-13(14)15/h5-7,10,12,17H,3-4,8-9H2,1-2H3. The van der Waals surface area contributed by atoms with Crippen LogP contribution in [0.3, 0.4) is 0 Å². The first kappa shape index (κ1) is 13.6. The molecule has 1 N–H and O–H groups in total. The van der Waals surface area contributed by atoms with Gasteiger partial charge in [-0.2, -0.15) is 0 Å². The highest BCUT2D eigenvalue weighted by Crippen LogP contribution is 2.29. The van der Waals surface area contributed by atoms with Crippen molar-refractivity contribution in [3.8, 4) is 0 Å². The van der Waals surface area contributed by atoms with Gasteiger partial charge in [0.05, 0.1) is 10.7 Å². The zero-order valence-electron chi connectivity index (χ0n) is 10.9. The minimum Gasteiger partial charge on any atom is -0.365 e. The van der Waals surface area contributed by atoms with Crippen LogP contribution in [0.5, 0.6) is 0 Å². The Morgan fingerprint density at radius 1 is 1.50 bits per heavy atom. The largest absolute Gasteiger partial charge is 0.365 e. The molecule has 0 bridgehead atoms. The summed E-state index contributed by atoms with van der Waals surface area (Å²) in [5, 5.41) is 4.04. The SMILES string of the molecule is CCCC1CN(c2ccc(F)cc2Cl)C(C)CN1. The normalized spacial score (nSPS) is 24.3. The van der Waals surface area contributed by atoms with Crippen LogP contribution in [0.4, 0.5) is 10.1 Å². The summed E-state index contributed by atoms with van der Waals surface area (Å²) in [5.41, 5.74) is 0.938. The minimum absolute atomic E-state index is 0.281. The highest BCUT2D eigenvalue weighted by atomic mass is 35.5. The number of hydrogen-bond donors (Lipinski definition) is 1. The Morgan fingerprint density at radius 2 is 2.28 bits per heavy atom. The van der Waals surface area contributed by atoms with Crippen LogP contribution in [-0.4, -0.2) is 25.2 Å². The predicted octanol–water partition coefficient (Wildman–Crippen LogP) is 3.45. The molecular weight excluding hydrogens is 251 g/mol. The van der Waals surface area contributed by atoms with E-state index in [1.165, 1.54) is 12.1 Å². The molecule has 1 aliphatic rings. The average molecular weight is 271 g/mol. The number of nitrogens with one attached hydrogen (secondary N) is 1. The van der Waals surface area contributed by atoms with E-state index in [0.717, 1.165) is 31.6 Å². The third-order valence-electron chi connectivity index (χ3n) is 3.51. The zero-order valence-corrected chi connectivity index (χ0v) is 11.7. The average Bonchev–Trinajstić information content (AvgIpc) is 2.33. The van der Waals surface area contributed by atoms with E-state index < -0.39 is 0 Å². The van der Waals surface area contributed by atoms with Crippen LogP contribution < -0.4 is 10.2 Å². The molecule has 1 aromatic carbocycles. The smallest absolute Gasteiger partial charge is 0.124 e. The van der Waals surface area contributed by atoms with Crippen LogP contribution in [0.1, 0.15) is 26.7 Å². The Bertz CT molecular complexity index is 411. The van der Waals surface area contributed by atoms with Crippen molar-refractivity contribution in [2.75, 3.05) is 18.0 Å². The molecule has 2 atom stereocenters. The molecule has 2 unspecified atom stereocenters. The number of anilines is 1. The van der Waals surface area contributed by atoms with E-state index in [-0.39, 0.29) is 5.82 Å². The summed E-state index contributed by atoms with van der Waals surface area (Å²) in [6, 6.07) is 5.52. The van der Waals surface area contributed by atoms with E-state index in [4.69, 9.17) is 11.6 Å². The van der Waals surface area contributed by atoms with Gasteiger partial charge in [0.1, 0.15) is 5.82 Å². The molecule has 100 valence electrons. The molecule has 0 saturated carbocycles. The quantitative estimate of drug-likeness (QED) is 0.905. The number of nitrogens with zero attached hydrogens (tertiary/aromatic N) is 1. The Hall–Kier alpha value is -0.800. The maximum atomic E-state index is 13.1. The van der Waals surface area contributed by atoms with Gasteiger partial charge in [0.25, 0.3) is 0 Å². The molecule has 0 spiro atoms. The van der Waals surface area contributed by atoms with Crippen LogP contribution in [0.2, 0.25) is 5.02 Å². The van der Waals surface area contributed by atoms with Crippen molar-refractivity contribution in [1.82, 2.24) is 5.32 Å². The van der Waals surface area contributed by atoms with Crippen LogP contribution in [0.25, 0.3) is 0 Å². The molecule has 2 rings (SSSR count). The van der Waals surface area contributed by atoms with Crippen molar-refractivity contribution in [2.24, 2.45) is 0 Å². The number of rotatable bonds is 3. The van der Waals surface area contributed by atoms with Gasteiger partial charge in [0.15, 0.2) is 0 Å². The van der Waals surface area contributed by atoms with Gasteiger partial charge in [0.2, 0.25) is 0 Å². The van der Waals surface area contributed by atoms with Gasteiger partial charge in [-0.3, -0.25) is 0 Å². The van der Waals surface area contributed by atoms with E-state index in [2.05, 4.69) is 24.1 Å². The van der Waals surface area contributed by atoms with Gasteiger partial charge >= 0.3 is 0 Å². The molecular formula is C14H20ClFN2. The Balaban J connectivity index is 2.18. The molecule has 18 heavy (non-hydrogen) atoms. The fourth-order valence-corrected chi connectivity index (χ4v) is 2.80. The van der Waals surface area contributed by atoms with Gasteiger partial charge in [0, 0.05) is 25.2 Å². The van der Waals surface area contributed by atoms with Crippen LogP contribution in [0.15, 0.2) is 18.2 Å². The number of piperazine rings is 1. The van der Waals surface area contributed by atoms with Gasteiger partial charge in [-0.05, 0) is 31.5 Å². The highest BCUT2D eigenvalue weighted by molar-refractivity contribution is 6.33. The Labute approximate surface area is 113 Å². The highest BCUT2D eigenvalue weighted by Gasteiger charge is 2.25. The van der Waals surface area contributed by atoms with Gasteiger partial charge in [-0.15, -0.1) is 0 Å². The molecule has 1 aliphatic heterocycles. The minimum atomic E-state index is -0.281. The Kier molecular flexibility index (Phi) is 4.46. The van der Waals surface area contributed by atoms with Crippen molar-refractivity contribution in [3.05, 3.63) is 29.0 Å². The van der Waals surface area contributed by atoms with Crippen LogP contribution in [-0.2, 0) is 0 Å². The monoisotopic (exact) mass is 270 g/mol. The predicted molar refractivity (Wildman–Crippen MR) is 74.9 cm³/mol. The molecule has 4 heteroatoms. The maximum absolute atomic E-state index is 13.1. The van der Waals surface area contributed by atoms with Crippen molar-refractivity contribution < 1.29 is 4.39 Å². The molecule has 1 aromatic rings. The second-order valence-electron chi connectivity index (χ2n) is 4.99. The molecule has 0 aliphatic carbocycles. The summed E-state index contributed by atoms with van der Waals surface area (Å²) in [4.78, 5) is 2.28. The lowest BCUT2D eigenvalue weighted by atomic mass is 10.0. The molecule has 1 saturated heterocycles. The lowest BCUT2D eigenvalue weighted by Crippen LogP contribution is -2.55.